The van der Waals surface area contributed by atoms with Crippen molar-refractivity contribution in [2.75, 3.05) is 26.0 Å². The second-order valence-corrected chi connectivity index (χ2v) is 6.87. The predicted octanol–water partition coefficient (Wildman–Crippen LogP) is 4.93. The van der Waals surface area contributed by atoms with Gasteiger partial charge in [0.15, 0.2) is 0 Å². The minimum absolute atomic E-state index is 0.0195. The van der Waals surface area contributed by atoms with Gasteiger partial charge in [-0.05, 0) is 43.8 Å². The lowest BCUT2D eigenvalue weighted by molar-refractivity contribution is -0.144. The van der Waals surface area contributed by atoms with Gasteiger partial charge in [-0.25, -0.2) is 9.97 Å². The maximum absolute atomic E-state index is 13.2. The van der Waals surface area contributed by atoms with E-state index in [4.69, 9.17) is 0 Å². The number of anilines is 1. The fourth-order valence-corrected chi connectivity index (χ4v) is 3.11. The van der Waals surface area contributed by atoms with Gasteiger partial charge in [0, 0.05) is 11.9 Å². The topological polar surface area (TPSA) is 41.1 Å². The number of alkyl halides is 3. The maximum Gasteiger partial charge on any atom is 0.451 e. The molecule has 0 saturated heterocycles. The van der Waals surface area contributed by atoms with Gasteiger partial charge in [0.2, 0.25) is 5.82 Å². The summed E-state index contributed by atoms with van der Waals surface area (Å²) < 4.78 is 39.6. The molecular formula is C21H23F3N4. The van der Waals surface area contributed by atoms with Gasteiger partial charge in [-0.15, -0.1) is 0 Å². The number of nitrogens with one attached hydrogen (secondary N) is 1. The van der Waals surface area contributed by atoms with Crippen molar-refractivity contribution >= 4 is 16.7 Å². The zero-order chi connectivity index (χ0) is 20.3. The van der Waals surface area contributed by atoms with Gasteiger partial charge in [0.25, 0.3) is 0 Å². The summed E-state index contributed by atoms with van der Waals surface area (Å²) in [6, 6.07) is 15.0. The van der Waals surface area contributed by atoms with Crippen LogP contribution in [-0.4, -0.2) is 35.5 Å². The summed E-state index contributed by atoms with van der Waals surface area (Å²) in [5.41, 5.74) is 2.59. The molecule has 1 atom stereocenters. The molecule has 3 rings (SSSR count). The Morgan fingerprint density at radius 1 is 1.00 bits per heavy atom. The number of aromatic nitrogens is 2. The molecule has 0 bridgehead atoms. The summed E-state index contributed by atoms with van der Waals surface area (Å²) in [4.78, 5) is 9.45. The van der Waals surface area contributed by atoms with E-state index in [2.05, 4.69) is 46.5 Å². The largest absolute Gasteiger partial charge is 0.451 e. The Bertz CT molecular complexity index is 937. The molecule has 0 fully saturated rings. The first-order valence-corrected chi connectivity index (χ1v) is 9.12. The number of aryl methyl sites for hydroxylation is 1. The van der Waals surface area contributed by atoms with Gasteiger partial charge in [-0.2, -0.15) is 13.2 Å². The number of halogens is 3. The maximum atomic E-state index is 13.2. The van der Waals surface area contributed by atoms with Crippen LogP contribution in [0.3, 0.4) is 0 Å². The second-order valence-electron chi connectivity index (χ2n) is 6.87. The van der Waals surface area contributed by atoms with E-state index < -0.39 is 12.0 Å². The summed E-state index contributed by atoms with van der Waals surface area (Å²) in [5.74, 6) is -0.947. The molecule has 148 valence electrons. The molecule has 0 aliphatic rings. The number of likely N-dealkylation sites (N-methyl/N-ethyl adjacent to an activating group) is 1. The van der Waals surface area contributed by atoms with Crippen LogP contribution >= 0.6 is 0 Å². The van der Waals surface area contributed by atoms with Crippen LogP contribution in [0, 0.1) is 0 Å². The van der Waals surface area contributed by atoms with Gasteiger partial charge in [0.1, 0.15) is 5.82 Å². The Labute approximate surface area is 162 Å². The molecule has 1 aromatic heterocycles. The molecule has 2 aromatic carbocycles. The molecule has 4 nitrogen and oxygen atoms in total. The molecule has 0 aliphatic carbocycles. The Balaban J connectivity index is 1.91. The van der Waals surface area contributed by atoms with Crippen LogP contribution in [0.2, 0.25) is 0 Å². The third-order valence-corrected chi connectivity index (χ3v) is 4.72. The van der Waals surface area contributed by atoms with Gasteiger partial charge < -0.3 is 10.2 Å². The van der Waals surface area contributed by atoms with E-state index >= 15 is 0 Å². The standard InChI is InChI=1S/C21H23F3N4/c1-4-14-9-11-15(12-10-14)18(28(2)3)13-25-19-16-7-5-6-8-17(16)26-20(27-19)21(22,23)24/h5-12,18H,4,13H2,1-3H3,(H,25,26,27)/t18-/m0/s1. The highest BCUT2D eigenvalue weighted by Gasteiger charge is 2.35. The van der Waals surface area contributed by atoms with Gasteiger partial charge in [-0.3, -0.25) is 0 Å². The molecule has 0 spiro atoms. The predicted molar refractivity (Wildman–Crippen MR) is 105 cm³/mol. The molecule has 1 heterocycles. The summed E-state index contributed by atoms with van der Waals surface area (Å²) in [7, 11) is 3.89. The highest BCUT2D eigenvalue weighted by Crippen LogP contribution is 2.30. The summed E-state index contributed by atoms with van der Waals surface area (Å²) in [6.07, 6.45) is -3.64. The van der Waals surface area contributed by atoms with Crippen molar-refractivity contribution in [3.8, 4) is 0 Å². The number of para-hydroxylation sites is 1. The van der Waals surface area contributed by atoms with Crippen LogP contribution < -0.4 is 5.32 Å². The first kappa shape index (κ1) is 20.1. The normalized spacial score (nSPS) is 13.1. The third-order valence-electron chi connectivity index (χ3n) is 4.72. The zero-order valence-electron chi connectivity index (χ0n) is 16.1. The van der Waals surface area contributed by atoms with E-state index in [0.29, 0.717) is 11.9 Å². The Morgan fingerprint density at radius 2 is 1.68 bits per heavy atom. The van der Waals surface area contributed by atoms with Crippen molar-refractivity contribution in [2.24, 2.45) is 0 Å². The van der Waals surface area contributed by atoms with Crippen molar-refractivity contribution in [1.82, 2.24) is 14.9 Å². The van der Waals surface area contributed by atoms with Gasteiger partial charge in [-0.1, -0.05) is 43.3 Å². The van der Waals surface area contributed by atoms with E-state index in [0.717, 1.165) is 12.0 Å². The monoisotopic (exact) mass is 388 g/mol. The number of nitrogens with zero attached hydrogens (tertiary/aromatic N) is 3. The average molecular weight is 388 g/mol. The van der Waals surface area contributed by atoms with E-state index in [1.54, 1.807) is 24.3 Å². The molecule has 0 aliphatic heterocycles. The number of benzene rings is 2. The SMILES string of the molecule is CCc1ccc([C@H](CNc2nc(C(F)(F)F)nc3ccccc23)N(C)C)cc1. The van der Waals surface area contributed by atoms with Crippen LogP contribution in [-0.2, 0) is 12.6 Å². The van der Waals surface area contributed by atoms with Crippen molar-refractivity contribution in [3.05, 3.63) is 65.5 Å². The fraction of sp³-hybridized carbons (Fsp3) is 0.333. The van der Waals surface area contributed by atoms with Crippen molar-refractivity contribution in [2.45, 2.75) is 25.6 Å². The van der Waals surface area contributed by atoms with E-state index in [-0.39, 0.29) is 17.4 Å². The minimum atomic E-state index is -4.60. The highest BCUT2D eigenvalue weighted by atomic mass is 19.4. The smallest absolute Gasteiger partial charge is 0.368 e. The van der Waals surface area contributed by atoms with Crippen molar-refractivity contribution in [1.29, 1.82) is 0 Å². The second kappa shape index (κ2) is 8.14. The first-order chi connectivity index (χ1) is 13.3. The van der Waals surface area contributed by atoms with Crippen LogP contribution in [0.5, 0.6) is 0 Å². The van der Waals surface area contributed by atoms with E-state index in [9.17, 15) is 13.2 Å². The first-order valence-electron chi connectivity index (χ1n) is 9.12. The molecule has 1 N–H and O–H groups in total. The summed E-state index contributed by atoms with van der Waals surface area (Å²) in [5, 5.41) is 3.68. The zero-order valence-corrected chi connectivity index (χ0v) is 16.1. The number of rotatable bonds is 6. The fourth-order valence-electron chi connectivity index (χ4n) is 3.11. The molecule has 7 heteroatoms. The molecule has 0 saturated carbocycles. The van der Waals surface area contributed by atoms with Crippen LogP contribution in [0.15, 0.2) is 48.5 Å². The molecular weight excluding hydrogens is 365 g/mol. The van der Waals surface area contributed by atoms with Crippen LogP contribution in [0.25, 0.3) is 10.9 Å². The highest BCUT2D eigenvalue weighted by molar-refractivity contribution is 5.89. The van der Waals surface area contributed by atoms with Crippen LogP contribution in [0.4, 0.5) is 19.0 Å². The van der Waals surface area contributed by atoms with E-state index in [1.807, 2.05) is 19.0 Å². The lowest BCUT2D eigenvalue weighted by atomic mass is 10.0. The number of hydrogen-bond donors (Lipinski definition) is 1. The van der Waals surface area contributed by atoms with Crippen molar-refractivity contribution in [3.63, 3.8) is 0 Å². The quantitative estimate of drug-likeness (QED) is 0.650. The lowest BCUT2D eigenvalue weighted by Crippen LogP contribution is -2.27. The summed E-state index contributed by atoms with van der Waals surface area (Å²) >= 11 is 0. The average Bonchev–Trinajstić information content (AvgIpc) is 2.67. The Morgan fingerprint density at radius 3 is 2.29 bits per heavy atom. The molecule has 28 heavy (non-hydrogen) atoms. The van der Waals surface area contributed by atoms with Gasteiger partial charge in [0.05, 0.1) is 11.6 Å². The molecule has 0 amide bonds. The molecule has 3 aromatic rings. The number of fused-ring (bicyclic) bond motifs is 1. The molecule has 0 radical (unpaired) electrons. The minimum Gasteiger partial charge on any atom is -0.368 e. The van der Waals surface area contributed by atoms with Crippen LogP contribution in [0.1, 0.15) is 29.9 Å². The third kappa shape index (κ3) is 4.42. The van der Waals surface area contributed by atoms with E-state index in [1.165, 1.54) is 5.56 Å². The molecule has 0 unspecified atom stereocenters. The Kier molecular flexibility index (Phi) is 5.84. The van der Waals surface area contributed by atoms with Crippen molar-refractivity contribution < 1.29 is 13.2 Å². The van der Waals surface area contributed by atoms with Gasteiger partial charge >= 0.3 is 6.18 Å². The number of hydrogen-bond acceptors (Lipinski definition) is 4. The lowest BCUT2D eigenvalue weighted by Gasteiger charge is -2.26. The Hall–Kier alpha value is -2.67. The summed E-state index contributed by atoms with van der Waals surface area (Å²) in [6.45, 7) is 2.51.